The summed E-state index contributed by atoms with van der Waals surface area (Å²) in [5.74, 6) is 2.77. The largest absolute Gasteiger partial charge is 0.402 e. The number of allylic oxidation sites excluding steroid dienone is 1. The highest BCUT2D eigenvalue weighted by molar-refractivity contribution is 6.17. The maximum Gasteiger partial charge on any atom is 0.332 e. The lowest BCUT2D eigenvalue weighted by Gasteiger charge is -2.48. The fraction of sp³-hybridized carbons (Fsp3) is 0.296. The number of urea groups is 1. The number of anilines is 1. The van der Waals surface area contributed by atoms with Crippen LogP contribution in [0.2, 0.25) is 0 Å². The van der Waals surface area contributed by atoms with Gasteiger partial charge in [0.05, 0.1) is 12.0 Å². The number of benzene rings is 2. The molecule has 1 aliphatic carbocycles. The van der Waals surface area contributed by atoms with Gasteiger partial charge in [-0.15, -0.1) is 0 Å². The van der Waals surface area contributed by atoms with Gasteiger partial charge in [0, 0.05) is 42.7 Å². The third-order valence-corrected chi connectivity index (χ3v) is 6.57. The van der Waals surface area contributed by atoms with Crippen molar-refractivity contribution >= 4 is 23.8 Å². The van der Waals surface area contributed by atoms with Crippen LogP contribution in [0.3, 0.4) is 0 Å². The molecule has 2 N–H and O–H groups in total. The van der Waals surface area contributed by atoms with E-state index in [4.69, 9.17) is 5.73 Å². The standard InChI is InChI=1S/C27H26F2N4O2/c1-31-17-20-23(30)10-6-7-13-27(20)16-24(34)33(26(35)32(27)2)25-21(28)14-19(15-22(25)29)12-11-18-8-4-3-5-9-18/h3-5,8-9,14-15,17H,6-7,10,13,16,30H2,1-2H3/t27-/m0/s1. The number of carbonyl (C=O) groups is 2. The van der Waals surface area contributed by atoms with Gasteiger partial charge >= 0.3 is 6.03 Å². The minimum atomic E-state index is -1.04. The first-order valence-corrected chi connectivity index (χ1v) is 11.4. The Labute approximate surface area is 203 Å². The molecule has 6 nitrogen and oxygen atoms in total. The van der Waals surface area contributed by atoms with Crippen molar-refractivity contribution in [2.75, 3.05) is 19.0 Å². The number of rotatable bonds is 2. The van der Waals surface area contributed by atoms with Crippen LogP contribution < -0.4 is 10.6 Å². The molecule has 8 heteroatoms. The van der Waals surface area contributed by atoms with E-state index in [0.29, 0.717) is 34.6 Å². The molecule has 2 aromatic carbocycles. The first-order chi connectivity index (χ1) is 16.8. The zero-order valence-electron chi connectivity index (χ0n) is 19.6. The predicted octanol–water partition coefficient (Wildman–Crippen LogP) is 4.38. The van der Waals surface area contributed by atoms with Gasteiger partial charge in [0.1, 0.15) is 5.69 Å². The first-order valence-electron chi connectivity index (χ1n) is 11.4. The van der Waals surface area contributed by atoms with Crippen LogP contribution in [0.5, 0.6) is 0 Å². The Morgan fingerprint density at radius 1 is 1.06 bits per heavy atom. The number of nitrogens with zero attached hydrogens (tertiary/aromatic N) is 3. The Hall–Kier alpha value is -3.99. The van der Waals surface area contributed by atoms with Gasteiger partial charge in [0.15, 0.2) is 11.6 Å². The SMILES string of the molecule is CN=CC1=C(N)CCCC[C@]12CC(=O)N(c1c(F)cc(C#Cc3ccccc3)cc1F)C(=O)N2C. The molecule has 0 aromatic heterocycles. The quantitative estimate of drug-likeness (QED) is 0.516. The number of hydrogen-bond acceptors (Lipinski definition) is 4. The van der Waals surface area contributed by atoms with Gasteiger partial charge in [-0.1, -0.05) is 36.5 Å². The summed E-state index contributed by atoms with van der Waals surface area (Å²) in [7, 11) is 3.12. The minimum Gasteiger partial charge on any atom is -0.402 e. The Kier molecular flexibility index (Phi) is 6.70. The van der Waals surface area contributed by atoms with E-state index in [1.165, 1.54) is 11.9 Å². The van der Waals surface area contributed by atoms with Crippen molar-refractivity contribution in [1.29, 1.82) is 0 Å². The van der Waals surface area contributed by atoms with Crippen LogP contribution in [-0.4, -0.2) is 42.7 Å². The summed E-state index contributed by atoms with van der Waals surface area (Å²) in [6.45, 7) is 0. The van der Waals surface area contributed by atoms with Crippen LogP contribution in [0.25, 0.3) is 0 Å². The molecule has 1 atom stereocenters. The number of carbonyl (C=O) groups excluding carboxylic acids is 2. The fourth-order valence-corrected chi connectivity index (χ4v) is 4.79. The van der Waals surface area contributed by atoms with E-state index < -0.39 is 34.8 Å². The zero-order valence-corrected chi connectivity index (χ0v) is 19.6. The summed E-state index contributed by atoms with van der Waals surface area (Å²) >= 11 is 0. The maximum atomic E-state index is 15.1. The Bertz CT molecular complexity index is 1270. The molecule has 1 fully saturated rings. The molecular weight excluding hydrogens is 450 g/mol. The van der Waals surface area contributed by atoms with Crippen molar-refractivity contribution in [3.8, 4) is 11.8 Å². The molecule has 4 rings (SSSR count). The minimum absolute atomic E-state index is 0.0928. The highest BCUT2D eigenvalue weighted by Crippen LogP contribution is 2.42. The molecule has 0 unspecified atom stereocenters. The molecule has 180 valence electrons. The molecule has 0 saturated carbocycles. The summed E-state index contributed by atoms with van der Waals surface area (Å²) in [5, 5.41) is 0. The lowest BCUT2D eigenvalue weighted by molar-refractivity contribution is -0.121. The topological polar surface area (TPSA) is 79.0 Å². The van der Waals surface area contributed by atoms with Crippen LogP contribution in [0.1, 0.15) is 43.2 Å². The molecule has 0 bridgehead atoms. The third-order valence-electron chi connectivity index (χ3n) is 6.57. The van der Waals surface area contributed by atoms with Crippen LogP contribution in [0, 0.1) is 23.5 Å². The van der Waals surface area contributed by atoms with Gasteiger partial charge in [-0.2, -0.15) is 0 Å². The van der Waals surface area contributed by atoms with E-state index in [-0.39, 0.29) is 12.0 Å². The van der Waals surface area contributed by atoms with Crippen molar-refractivity contribution < 1.29 is 18.4 Å². The monoisotopic (exact) mass is 476 g/mol. The van der Waals surface area contributed by atoms with Gasteiger partial charge in [-0.3, -0.25) is 9.79 Å². The van der Waals surface area contributed by atoms with Crippen LogP contribution in [0.4, 0.5) is 19.3 Å². The van der Waals surface area contributed by atoms with E-state index >= 15 is 8.78 Å². The molecule has 35 heavy (non-hydrogen) atoms. The Morgan fingerprint density at radius 2 is 1.71 bits per heavy atom. The van der Waals surface area contributed by atoms with E-state index in [1.807, 2.05) is 6.07 Å². The predicted molar refractivity (Wildman–Crippen MR) is 131 cm³/mol. The summed E-state index contributed by atoms with van der Waals surface area (Å²) in [4.78, 5) is 32.8. The smallest absolute Gasteiger partial charge is 0.332 e. The molecule has 1 heterocycles. The molecule has 3 amide bonds. The summed E-state index contributed by atoms with van der Waals surface area (Å²) in [5.41, 5.74) is 6.53. The van der Waals surface area contributed by atoms with E-state index in [2.05, 4.69) is 16.8 Å². The van der Waals surface area contributed by atoms with Crippen molar-refractivity contribution in [3.05, 3.63) is 76.5 Å². The number of amides is 3. The van der Waals surface area contributed by atoms with E-state index in [1.54, 1.807) is 37.5 Å². The lowest BCUT2D eigenvalue weighted by atomic mass is 9.79. The molecule has 1 saturated heterocycles. The van der Waals surface area contributed by atoms with Crippen molar-refractivity contribution in [2.24, 2.45) is 10.7 Å². The fourth-order valence-electron chi connectivity index (χ4n) is 4.79. The summed E-state index contributed by atoms with van der Waals surface area (Å²) in [6.07, 6.45) is 4.08. The number of imide groups is 1. The number of halogens is 2. The summed E-state index contributed by atoms with van der Waals surface area (Å²) < 4.78 is 30.3. The lowest BCUT2D eigenvalue weighted by Crippen LogP contribution is -2.64. The van der Waals surface area contributed by atoms with E-state index in [0.717, 1.165) is 25.0 Å². The van der Waals surface area contributed by atoms with Crippen molar-refractivity contribution in [3.63, 3.8) is 0 Å². The summed E-state index contributed by atoms with van der Waals surface area (Å²) in [6, 6.07) is 10.2. The average Bonchev–Trinajstić information content (AvgIpc) is 2.98. The molecular formula is C27H26F2N4O2. The zero-order chi connectivity index (χ0) is 25.2. The molecule has 1 spiro atoms. The number of hydrogen-bond donors (Lipinski definition) is 1. The second-order valence-electron chi connectivity index (χ2n) is 8.72. The second-order valence-corrected chi connectivity index (χ2v) is 8.72. The average molecular weight is 477 g/mol. The molecule has 0 radical (unpaired) electrons. The van der Waals surface area contributed by atoms with Crippen molar-refractivity contribution in [1.82, 2.24) is 4.90 Å². The third kappa shape index (κ3) is 4.42. The highest BCUT2D eigenvalue weighted by Gasteiger charge is 2.51. The molecule has 2 aliphatic rings. The van der Waals surface area contributed by atoms with Gasteiger partial charge in [-0.05, 0) is 43.5 Å². The second kappa shape index (κ2) is 9.71. The first kappa shape index (κ1) is 24.1. The van der Waals surface area contributed by atoms with E-state index in [9.17, 15) is 9.59 Å². The number of nitrogens with two attached hydrogens (primary N) is 1. The van der Waals surface area contributed by atoms with Gasteiger partial charge in [-0.25, -0.2) is 18.5 Å². The van der Waals surface area contributed by atoms with Gasteiger partial charge < -0.3 is 10.6 Å². The van der Waals surface area contributed by atoms with Crippen LogP contribution >= 0.6 is 0 Å². The number of likely N-dealkylation sites (N-methyl/N-ethyl adjacent to an activating group) is 1. The van der Waals surface area contributed by atoms with Crippen molar-refractivity contribution in [2.45, 2.75) is 37.6 Å². The Morgan fingerprint density at radius 3 is 2.37 bits per heavy atom. The molecule has 2 aromatic rings. The molecule has 1 aliphatic heterocycles. The van der Waals surface area contributed by atoms with Crippen LogP contribution in [0.15, 0.2) is 58.7 Å². The Balaban J connectivity index is 1.71. The maximum absolute atomic E-state index is 15.1. The highest BCUT2D eigenvalue weighted by atomic mass is 19.1. The normalized spacial score (nSPS) is 20.9. The van der Waals surface area contributed by atoms with Gasteiger partial charge in [0.2, 0.25) is 5.91 Å². The number of aliphatic imine (C=N–C) groups is 1. The van der Waals surface area contributed by atoms with Crippen LogP contribution in [-0.2, 0) is 4.79 Å². The van der Waals surface area contributed by atoms with Gasteiger partial charge in [0.25, 0.3) is 0 Å².